The summed E-state index contributed by atoms with van der Waals surface area (Å²) in [5.41, 5.74) is 0. The van der Waals surface area contributed by atoms with E-state index in [1.807, 2.05) is 0 Å². The fourth-order valence-electron chi connectivity index (χ4n) is 2.31. The predicted octanol–water partition coefficient (Wildman–Crippen LogP) is 2.59. The van der Waals surface area contributed by atoms with Crippen LogP contribution in [0, 0.1) is 5.92 Å². The van der Waals surface area contributed by atoms with Crippen LogP contribution in [0.15, 0.2) is 23.2 Å². The number of hydrogen-bond donors (Lipinski definition) is 1. The van der Waals surface area contributed by atoms with E-state index in [1.165, 1.54) is 24.8 Å². The van der Waals surface area contributed by atoms with Crippen LogP contribution in [0.1, 0.15) is 32.6 Å². The molecule has 0 aliphatic heterocycles. The second kappa shape index (κ2) is 5.55. The number of aromatic nitrogens is 1. The minimum atomic E-state index is -3.49. The predicted molar refractivity (Wildman–Crippen MR) is 71.0 cm³/mol. The lowest BCUT2D eigenvalue weighted by Gasteiger charge is -2.29. The first-order valence-corrected chi connectivity index (χ1v) is 7.99. The average molecular weight is 289 g/mol. The molecule has 0 amide bonds. The van der Waals surface area contributed by atoms with E-state index in [9.17, 15) is 8.42 Å². The zero-order valence-corrected chi connectivity index (χ0v) is 11.8. The molecule has 1 saturated carbocycles. The van der Waals surface area contributed by atoms with E-state index in [2.05, 4.69) is 16.6 Å². The van der Waals surface area contributed by atoms with Crippen LogP contribution in [0.4, 0.5) is 0 Å². The summed E-state index contributed by atoms with van der Waals surface area (Å²) >= 11 is 5.72. The Labute approximate surface area is 113 Å². The van der Waals surface area contributed by atoms with Crippen LogP contribution in [0.3, 0.4) is 0 Å². The monoisotopic (exact) mass is 288 g/mol. The van der Waals surface area contributed by atoms with Crippen molar-refractivity contribution < 1.29 is 8.42 Å². The van der Waals surface area contributed by atoms with Gasteiger partial charge in [0.15, 0.2) is 0 Å². The molecule has 4 nitrogen and oxygen atoms in total. The van der Waals surface area contributed by atoms with E-state index >= 15 is 0 Å². The molecule has 0 saturated heterocycles. The maximum Gasteiger partial charge on any atom is 0.240 e. The molecule has 2 rings (SSSR count). The summed E-state index contributed by atoms with van der Waals surface area (Å²) in [7, 11) is -3.49. The van der Waals surface area contributed by atoms with Crippen molar-refractivity contribution >= 4 is 21.6 Å². The third-order valence-electron chi connectivity index (χ3n) is 3.43. The zero-order chi connectivity index (χ0) is 13.2. The van der Waals surface area contributed by atoms with Crippen molar-refractivity contribution in [2.75, 3.05) is 0 Å². The lowest BCUT2D eigenvalue weighted by atomic mass is 9.87. The fourth-order valence-corrected chi connectivity index (χ4v) is 3.94. The summed E-state index contributed by atoms with van der Waals surface area (Å²) in [5, 5.41) is 0.189. The Morgan fingerprint density at radius 2 is 2.11 bits per heavy atom. The molecule has 18 heavy (non-hydrogen) atoms. The van der Waals surface area contributed by atoms with Crippen molar-refractivity contribution in [3.8, 4) is 0 Å². The normalized spacial score (nSPS) is 25.0. The van der Waals surface area contributed by atoms with Crippen LogP contribution in [0.5, 0.6) is 0 Å². The third-order valence-corrected chi connectivity index (χ3v) is 5.12. The van der Waals surface area contributed by atoms with E-state index in [0.29, 0.717) is 5.92 Å². The zero-order valence-electron chi connectivity index (χ0n) is 10.3. The molecule has 1 aromatic heterocycles. The molecule has 0 spiro atoms. The number of pyridine rings is 1. The van der Waals surface area contributed by atoms with Crippen LogP contribution >= 0.6 is 11.6 Å². The molecule has 1 aliphatic rings. The Bertz CT molecular complexity index is 519. The quantitative estimate of drug-likeness (QED) is 0.870. The fraction of sp³-hybridized carbons (Fsp3) is 0.583. The van der Waals surface area contributed by atoms with E-state index < -0.39 is 10.0 Å². The molecule has 2 unspecified atom stereocenters. The Balaban J connectivity index is 2.16. The largest absolute Gasteiger partial charge is 0.244 e. The Hall–Kier alpha value is -0.650. The van der Waals surface area contributed by atoms with Gasteiger partial charge in [0.2, 0.25) is 10.0 Å². The summed E-state index contributed by atoms with van der Waals surface area (Å²) in [4.78, 5) is 3.97. The number of halogens is 1. The summed E-state index contributed by atoms with van der Waals surface area (Å²) in [6, 6.07) is 2.86. The molecule has 0 bridgehead atoms. The van der Waals surface area contributed by atoms with Gasteiger partial charge >= 0.3 is 0 Å². The van der Waals surface area contributed by atoms with Crippen LogP contribution < -0.4 is 4.72 Å². The van der Waals surface area contributed by atoms with Gasteiger partial charge in [0.05, 0.1) is 4.90 Å². The van der Waals surface area contributed by atoms with Crippen molar-refractivity contribution in [3.63, 3.8) is 0 Å². The summed E-state index contributed by atoms with van der Waals surface area (Å²) < 4.78 is 27.2. The molecule has 1 aromatic rings. The van der Waals surface area contributed by atoms with Gasteiger partial charge in [-0.05, 0) is 30.9 Å². The van der Waals surface area contributed by atoms with E-state index in [0.717, 1.165) is 19.3 Å². The van der Waals surface area contributed by atoms with Gasteiger partial charge in [0.25, 0.3) is 0 Å². The molecule has 2 atom stereocenters. The topological polar surface area (TPSA) is 59.1 Å². The van der Waals surface area contributed by atoms with Gasteiger partial charge in [-0.25, -0.2) is 18.1 Å². The first-order valence-electron chi connectivity index (χ1n) is 6.13. The first kappa shape index (κ1) is 13.8. The second-order valence-electron chi connectivity index (χ2n) is 4.80. The van der Waals surface area contributed by atoms with Crippen LogP contribution in [0.25, 0.3) is 0 Å². The van der Waals surface area contributed by atoms with Crippen molar-refractivity contribution in [1.82, 2.24) is 9.71 Å². The van der Waals surface area contributed by atoms with Crippen molar-refractivity contribution in [1.29, 1.82) is 0 Å². The minimum absolute atomic E-state index is 0.0238. The highest BCUT2D eigenvalue weighted by atomic mass is 35.5. The van der Waals surface area contributed by atoms with Crippen molar-refractivity contribution in [2.24, 2.45) is 5.92 Å². The Kier molecular flexibility index (Phi) is 4.25. The highest BCUT2D eigenvalue weighted by Crippen LogP contribution is 2.25. The van der Waals surface area contributed by atoms with Gasteiger partial charge in [-0.3, -0.25) is 0 Å². The molecule has 1 heterocycles. The molecular weight excluding hydrogens is 272 g/mol. The lowest BCUT2D eigenvalue weighted by molar-refractivity contribution is 0.310. The lowest BCUT2D eigenvalue weighted by Crippen LogP contribution is -2.40. The summed E-state index contributed by atoms with van der Waals surface area (Å²) in [5.74, 6) is 0.380. The summed E-state index contributed by atoms with van der Waals surface area (Å²) in [6.07, 6.45) is 5.64. The maximum atomic E-state index is 12.2. The van der Waals surface area contributed by atoms with E-state index in [4.69, 9.17) is 11.6 Å². The van der Waals surface area contributed by atoms with Crippen molar-refractivity contribution in [2.45, 2.75) is 43.5 Å². The van der Waals surface area contributed by atoms with E-state index in [1.54, 1.807) is 0 Å². The van der Waals surface area contributed by atoms with Gasteiger partial charge in [-0.15, -0.1) is 0 Å². The molecule has 1 N–H and O–H groups in total. The number of nitrogens with one attached hydrogen (secondary N) is 1. The molecule has 0 radical (unpaired) electrons. The Morgan fingerprint density at radius 3 is 2.78 bits per heavy atom. The van der Waals surface area contributed by atoms with Gasteiger partial charge in [0.1, 0.15) is 5.15 Å². The van der Waals surface area contributed by atoms with Gasteiger partial charge < -0.3 is 0 Å². The standard InChI is InChI=1S/C12H17ClN2O2S/c1-9-4-2-3-5-11(9)15-18(16,17)10-6-7-14-12(13)8-10/h6-9,11,15H,2-5H2,1H3. The number of nitrogens with zero attached hydrogens (tertiary/aromatic N) is 1. The third kappa shape index (κ3) is 3.22. The smallest absolute Gasteiger partial charge is 0.240 e. The van der Waals surface area contributed by atoms with Crippen LogP contribution in [0.2, 0.25) is 5.15 Å². The molecule has 100 valence electrons. The molecule has 1 fully saturated rings. The van der Waals surface area contributed by atoms with Gasteiger partial charge in [-0.2, -0.15) is 0 Å². The maximum absolute atomic E-state index is 12.2. The highest BCUT2D eigenvalue weighted by molar-refractivity contribution is 7.89. The number of sulfonamides is 1. The highest BCUT2D eigenvalue weighted by Gasteiger charge is 2.26. The van der Waals surface area contributed by atoms with E-state index in [-0.39, 0.29) is 16.1 Å². The summed E-state index contributed by atoms with van der Waals surface area (Å²) in [6.45, 7) is 2.09. The first-order chi connectivity index (χ1) is 8.49. The van der Waals surface area contributed by atoms with Crippen LogP contribution in [-0.2, 0) is 10.0 Å². The SMILES string of the molecule is CC1CCCCC1NS(=O)(=O)c1ccnc(Cl)c1. The number of rotatable bonds is 3. The second-order valence-corrected chi connectivity index (χ2v) is 6.91. The average Bonchev–Trinajstić information content (AvgIpc) is 2.32. The Morgan fingerprint density at radius 1 is 1.39 bits per heavy atom. The minimum Gasteiger partial charge on any atom is -0.244 e. The molecule has 0 aromatic carbocycles. The van der Waals surface area contributed by atoms with Gasteiger partial charge in [0, 0.05) is 12.2 Å². The van der Waals surface area contributed by atoms with Gasteiger partial charge in [-0.1, -0.05) is 31.4 Å². The number of hydrogen-bond acceptors (Lipinski definition) is 3. The molecule has 1 aliphatic carbocycles. The molecule has 6 heteroatoms. The van der Waals surface area contributed by atoms with Crippen LogP contribution in [-0.4, -0.2) is 19.4 Å². The molecular formula is C12H17ClN2O2S. The van der Waals surface area contributed by atoms with Crippen molar-refractivity contribution in [3.05, 3.63) is 23.5 Å².